The zero-order valence-corrected chi connectivity index (χ0v) is 13.6. The second kappa shape index (κ2) is 7.65. The van der Waals surface area contributed by atoms with Crippen molar-refractivity contribution >= 4 is 34.9 Å². The molecule has 0 fully saturated rings. The number of amides is 3. The van der Waals surface area contributed by atoms with Gasteiger partial charge in [-0.15, -0.1) is 0 Å². The third-order valence-corrected chi connectivity index (χ3v) is 3.43. The Morgan fingerprint density at radius 3 is 1.96 bits per heavy atom. The molecular formula is C17H18ClN3O2. The van der Waals surface area contributed by atoms with Crippen LogP contribution in [0.1, 0.15) is 25.5 Å². The number of anilines is 2. The van der Waals surface area contributed by atoms with Crippen molar-refractivity contribution in [2.75, 3.05) is 10.6 Å². The first-order valence-corrected chi connectivity index (χ1v) is 7.52. The fraction of sp³-hybridized carbons (Fsp3) is 0.176. The summed E-state index contributed by atoms with van der Waals surface area (Å²) in [6.07, 6.45) is 0. The van der Waals surface area contributed by atoms with Crippen LogP contribution in [0.3, 0.4) is 0 Å². The van der Waals surface area contributed by atoms with Crippen molar-refractivity contribution in [2.24, 2.45) is 0 Å². The number of nitrogens with one attached hydrogen (secondary N) is 3. The summed E-state index contributed by atoms with van der Waals surface area (Å²) in [5, 5.41) is 8.92. The molecule has 2 aromatic carbocycles. The highest BCUT2D eigenvalue weighted by Gasteiger charge is 2.09. The molecule has 1 atom stereocenters. The Hall–Kier alpha value is -2.53. The van der Waals surface area contributed by atoms with Crippen molar-refractivity contribution in [1.29, 1.82) is 0 Å². The average molecular weight is 332 g/mol. The monoisotopic (exact) mass is 331 g/mol. The molecule has 6 heteroatoms. The van der Waals surface area contributed by atoms with Crippen LogP contribution in [0.2, 0.25) is 5.02 Å². The van der Waals surface area contributed by atoms with Gasteiger partial charge in [-0.25, -0.2) is 4.79 Å². The number of hydrogen-bond acceptors (Lipinski definition) is 2. The van der Waals surface area contributed by atoms with E-state index in [2.05, 4.69) is 16.0 Å². The van der Waals surface area contributed by atoms with Gasteiger partial charge in [-0.2, -0.15) is 0 Å². The summed E-state index contributed by atoms with van der Waals surface area (Å²) in [4.78, 5) is 23.0. The molecule has 23 heavy (non-hydrogen) atoms. The Bertz CT molecular complexity index is 684. The van der Waals surface area contributed by atoms with Gasteiger partial charge < -0.3 is 16.0 Å². The summed E-state index contributed by atoms with van der Waals surface area (Å²) in [7, 11) is 0. The van der Waals surface area contributed by atoms with Gasteiger partial charge in [0, 0.05) is 23.3 Å². The number of carbonyl (C=O) groups is 2. The summed E-state index contributed by atoms with van der Waals surface area (Å²) in [5.41, 5.74) is 2.28. The van der Waals surface area contributed by atoms with Gasteiger partial charge in [-0.3, -0.25) is 4.79 Å². The van der Waals surface area contributed by atoms with Crippen LogP contribution in [0.15, 0.2) is 48.5 Å². The molecule has 3 amide bonds. The van der Waals surface area contributed by atoms with Gasteiger partial charge in [0.1, 0.15) is 0 Å². The van der Waals surface area contributed by atoms with E-state index < -0.39 is 0 Å². The van der Waals surface area contributed by atoms with E-state index in [1.807, 2.05) is 19.1 Å². The fourth-order valence-electron chi connectivity index (χ4n) is 2.04. The van der Waals surface area contributed by atoms with Crippen molar-refractivity contribution in [2.45, 2.75) is 19.9 Å². The van der Waals surface area contributed by atoms with Crippen LogP contribution in [-0.2, 0) is 4.79 Å². The van der Waals surface area contributed by atoms with E-state index in [-0.39, 0.29) is 18.0 Å². The molecule has 0 saturated heterocycles. The summed E-state index contributed by atoms with van der Waals surface area (Å²) < 4.78 is 0. The molecule has 0 aromatic heterocycles. The Balaban J connectivity index is 1.91. The van der Waals surface area contributed by atoms with Gasteiger partial charge in [-0.05, 0) is 48.9 Å². The SMILES string of the molecule is CC(=O)Nc1ccc(NC(=O)NC(C)c2ccc(Cl)cc2)cc1. The largest absolute Gasteiger partial charge is 0.331 e. The molecule has 2 aromatic rings. The number of halogens is 1. The average Bonchev–Trinajstić information content (AvgIpc) is 2.49. The Kier molecular flexibility index (Phi) is 5.60. The smallest absolute Gasteiger partial charge is 0.319 e. The van der Waals surface area contributed by atoms with Crippen molar-refractivity contribution < 1.29 is 9.59 Å². The number of urea groups is 1. The highest BCUT2D eigenvalue weighted by Crippen LogP contribution is 2.17. The summed E-state index contributed by atoms with van der Waals surface area (Å²) in [5.74, 6) is -0.139. The van der Waals surface area contributed by atoms with Gasteiger partial charge in [0.15, 0.2) is 0 Å². The van der Waals surface area contributed by atoms with Crippen LogP contribution in [0.25, 0.3) is 0 Å². The number of rotatable bonds is 4. The predicted octanol–water partition coefficient (Wildman–Crippen LogP) is 4.18. The Morgan fingerprint density at radius 1 is 0.913 bits per heavy atom. The Morgan fingerprint density at radius 2 is 1.43 bits per heavy atom. The number of hydrogen-bond donors (Lipinski definition) is 3. The van der Waals surface area contributed by atoms with Crippen LogP contribution in [0, 0.1) is 0 Å². The molecule has 0 spiro atoms. The van der Waals surface area contributed by atoms with Crippen molar-refractivity contribution in [3.63, 3.8) is 0 Å². The maximum Gasteiger partial charge on any atom is 0.319 e. The van der Waals surface area contributed by atoms with Gasteiger partial charge in [0.05, 0.1) is 6.04 Å². The molecule has 0 saturated carbocycles. The molecule has 120 valence electrons. The van der Waals surface area contributed by atoms with E-state index in [0.29, 0.717) is 16.4 Å². The molecule has 5 nitrogen and oxygen atoms in total. The zero-order valence-electron chi connectivity index (χ0n) is 12.9. The quantitative estimate of drug-likeness (QED) is 0.786. The van der Waals surface area contributed by atoms with Gasteiger partial charge >= 0.3 is 6.03 Å². The first kappa shape index (κ1) is 16.8. The minimum atomic E-state index is -0.306. The number of benzene rings is 2. The van der Waals surface area contributed by atoms with E-state index in [1.165, 1.54) is 6.92 Å². The maximum absolute atomic E-state index is 12.0. The predicted molar refractivity (Wildman–Crippen MR) is 92.8 cm³/mol. The number of carbonyl (C=O) groups excluding carboxylic acids is 2. The third-order valence-electron chi connectivity index (χ3n) is 3.18. The minimum absolute atomic E-state index is 0.139. The lowest BCUT2D eigenvalue weighted by atomic mass is 10.1. The molecule has 0 aliphatic carbocycles. The fourth-order valence-corrected chi connectivity index (χ4v) is 2.16. The van der Waals surface area contributed by atoms with Crippen molar-refractivity contribution in [3.8, 4) is 0 Å². The molecule has 2 rings (SSSR count). The lowest BCUT2D eigenvalue weighted by molar-refractivity contribution is -0.114. The van der Waals surface area contributed by atoms with Crippen molar-refractivity contribution in [3.05, 3.63) is 59.1 Å². The van der Waals surface area contributed by atoms with E-state index in [9.17, 15) is 9.59 Å². The van der Waals surface area contributed by atoms with Crippen LogP contribution in [0.4, 0.5) is 16.2 Å². The van der Waals surface area contributed by atoms with E-state index in [4.69, 9.17) is 11.6 Å². The molecular weight excluding hydrogens is 314 g/mol. The van der Waals surface area contributed by atoms with Gasteiger partial charge in [-0.1, -0.05) is 23.7 Å². The highest BCUT2D eigenvalue weighted by molar-refractivity contribution is 6.30. The summed E-state index contributed by atoms with van der Waals surface area (Å²) >= 11 is 5.85. The Labute approximate surface area is 140 Å². The lowest BCUT2D eigenvalue weighted by Gasteiger charge is -2.15. The highest BCUT2D eigenvalue weighted by atomic mass is 35.5. The maximum atomic E-state index is 12.0. The van der Waals surface area contributed by atoms with Crippen LogP contribution in [-0.4, -0.2) is 11.9 Å². The summed E-state index contributed by atoms with van der Waals surface area (Å²) in [6.45, 7) is 3.33. The normalized spacial score (nSPS) is 11.4. The standard InChI is InChI=1S/C17H18ClN3O2/c1-11(13-3-5-14(18)6-4-13)19-17(23)21-16-9-7-15(8-10-16)20-12(2)22/h3-11H,1-2H3,(H,20,22)(H2,19,21,23). The molecule has 0 bridgehead atoms. The molecule has 0 aliphatic rings. The molecule has 3 N–H and O–H groups in total. The van der Waals surface area contributed by atoms with Gasteiger partial charge in [0.2, 0.25) is 5.91 Å². The second-order valence-electron chi connectivity index (χ2n) is 5.13. The first-order chi connectivity index (χ1) is 10.9. The molecule has 1 unspecified atom stereocenters. The topological polar surface area (TPSA) is 70.2 Å². The lowest BCUT2D eigenvalue weighted by Crippen LogP contribution is -2.31. The third kappa shape index (κ3) is 5.30. The van der Waals surface area contributed by atoms with E-state index >= 15 is 0 Å². The molecule has 0 heterocycles. The van der Waals surface area contributed by atoms with Crippen LogP contribution in [0.5, 0.6) is 0 Å². The van der Waals surface area contributed by atoms with Crippen LogP contribution < -0.4 is 16.0 Å². The minimum Gasteiger partial charge on any atom is -0.331 e. The first-order valence-electron chi connectivity index (χ1n) is 7.14. The van der Waals surface area contributed by atoms with Crippen LogP contribution >= 0.6 is 11.6 Å². The van der Waals surface area contributed by atoms with Crippen molar-refractivity contribution in [1.82, 2.24) is 5.32 Å². The summed E-state index contributed by atoms with van der Waals surface area (Å²) in [6, 6.07) is 13.7. The second-order valence-corrected chi connectivity index (χ2v) is 5.57. The van der Waals surface area contributed by atoms with E-state index in [0.717, 1.165) is 5.56 Å². The van der Waals surface area contributed by atoms with Gasteiger partial charge in [0.25, 0.3) is 0 Å². The molecule has 0 aliphatic heterocycles. The zero-order chi connectivity index (χ0) is 16.8. The molecule has 0 radical (unpaired) electrons. The van der Waals surface area contributed by atoms with E-state index in [1.54, 1.807) is 36.4 Å².